The van der Waals surface area contributed by atoms with Gasteiger partial charge in [0, 0.05) is 36.9 Å². The van der Waals surface area contributed by atoms with Crippen LogP contribution in [-0.4, -0.2) is 98.4 Å². The highest BCUT2D eigenvalue weighted by atomic mass is 32.2. The predicted octanol–water partition coefficient (Wildman–Crippen LogP) is 4.34. The maximum Gasteiger partial charge on any atom is 0.407 e. The molecule has 310 valence electrons. The summed E-state index contributed by atoms with van der Waals surface area (Å²) in [5, 5.41) is 8.96. The summed E-state index contributed by atoms with van der Waals surface area (Å²) in [6, 6.07) is 3.60. The molecule has 1 saturated heterocycles. The lowest BCUT2D eigenvalue weighted by molar-refractivity contribution is -0.142. The number of anilines is 1. The minimum Gasteiger partial charge on any atom is -0.496 e. The number of pyridine rings is 1. The molecule has 16 heteroatoms. The van der Waals surface area contributed by atoms with Gasteiger partial charge in [0.15, 0.2) is 0 Å². The molecule has 0 spiro atoms. The topological polar surface area (TPSA) is 194 Å². The van der Waals surface area contributed by atoms with E-state index >= 15 is 0 Å². The zero-order valence-corrected chi connectivity index (χ0v) is 34.2. The summed E-state index contributed by atoms with van der Waals surface area (Å²) < 4.78 is 46.1. The predicted molar refractivity (Wildman–Crippen MR) is 213 cm³/mol. The van der Waals surface area contributed by atoms with E-state index in [9.17, 15) is 27.6 Å². The number of hydrogen-bond acceptors (Lipinski definition) is 11. The second-order valence-electron chi connectivity index (χ2n) is 17.2. The van der Waals surface area contributed by atoms with Gasteiger partial charge >= 0.3 is 6.09 Å². The lowest BCUT2D eigenvalue weighted by Crippen LogP contribution is -2.59. The van der Waals surface area contributed by atoms with Crippen molar-refractivity contribution in [1.29, 1.82) is 0 Å². The summed E-state index contributed by atoms with van der Waals surface area (Å²) >= 11 is 0. The molecule has 2 aromatic rings. The molecule has 0 unspecified atom stereocenters. The average Bonchev–Trinajstić information content (AvgIpc) is 4.12. The van der Waals surface area contributed by atoms with Crippen LogP contribution in [0.1, 0.15) is 90.0 Å². The molecule has 4 N–H and O–H groups in total. The second kappa shape index (κ2) is 16.0. The fourth-order valence-corrected chi connectivity index (χ4v) is 10.1. The maximum atomic E-state index is 14.9. The Labute approximate surface area is 334 Å². The van der Waals surface area contributed by atoms with Crippen LogP contribution in [0.5, 0.6) is 11.5 Å². The molecule has 15 nitrogen and oxygen atoms in total. The van der Waals surface area contributed by atoms with E-state index < -0.39 is 68.7 Å². The van der Waals surface area contributed by atoms with Gasteiger partial charge in [-0.25, -0.2) is 18.2 Å². The average molecular weight is 809 g/mol. The van der Waals surface area contributed by atoms with Crippen LogP contribution in [0, 0.1) is 17.3 Å². The molecule has 4 fully saturated rings. The van der Waals surface area contributed by atoms with Gasteiger partial charge in [0.1, 0.15) is 41.0 Å². The summed E-state index contributed by atoms with van der Waals surface area (Å²) in [7, 11) is -0.528. The van der Waals surface area contributed by atoms with E-state index in [0.717, 1.165) is 43.1 Å². The quantitative estimate of drug-likeness (QED) is 0.264. The van der Waals surface area contributed by atoms with Crippen LogP contribution in [0.15, 0.2) is 30.9 Å². The number of rotatable bonds is 9. The van der Waals surface area contributed by atoms with Gasteiger partial charge in [-0.05, 0) is 74.3 Å². The molecule has 7 rings (SSSR count). The van der Waals surface area contributed by atoms with Crippen LogP contribution in [0.3, 0.4) is 0 Å². The zero-order valence-electron chi connectivity index (χ0n) is 33.4. The first-order valence-electron chi connectivity index (χ1n) is 20.3. The molecule has 4 amide bonds. The van der Waals surface area contributed by atoms with Crippen LogP contribution in [0.4, 0.5) is 10.6 Å². The molecule has 3 heterocycles. The number of nitrogens with one attached hydrogen (secondary N) is 4. The van der Waals surface area contributed by atoms with Gasteiger partial charge in [0.2, 0.25) is 21.8 Å². The van der Waals surface area contributed by atoms with Crippen LogP contribution >= 0.6 is 0 Å². The minimum absolute atomic E-state index is 0.00571. The number of nitrogens with zero attached hydrogens (tertiary/aromatic N) is 2. The van der Waals surface area contributed by atoms with E-state index in [1.54, 1.807) is 20.2 Å². The first-order valence-corrected chi connectivity index (χ1v) is 21.8. The van der Waals surface area contributed by atoms with E-state index in [4.69, 9.17) is 19.2 Å². The first-order chi connectivity index (χ1) is 27.2. The number of ether oxygens (including phenoxy) is 3. The number of methoxy groups -OCH3 is 1. The Hall–Kier alpha value is -4.60. The van der Waals surface area contributed by atoms with Crippen molar-refractivity contribution >= 4 is 50.6 Å². The molecule has 57 heavy (non-hydrogen) atoms. The van der Waals surface area contributed by atoms with Crippen molar-refractivity contribution in [3.8, 4) is 11.5 Å². The second-order valence-corrected chi connectivity index (χ2v) is 19.2. The number of carbonyl (C=O) groups excluding carboxylic acids is 4. The largest absolute Gasteiger partial charge is 0.496 e. The van der Waals surface area contributed by atoms with E-state index in [2.05, 4.69) is 27.3 Å². The van der Waals surface area contributed by atoms with E-state index in [1.165, 1.54) is 11.0 Å². The number of hydrogen-bond donors (Lipinski definition) is 4. The summed E-state index contributed by atoms with van der Waals surface area (Å²) in [5.74, 6) is -0.854. The number of fused-ring (bicyclic) bond motifs is 3. The molecular weight excluding hydrogens is 753 g/mol. The molecule has 5 aliphatic rings. The van der Waals surface area contributed by atoms with Crippen molar-refractivity contribution in [3.63, 3.8) is 0 Å². The van der Waals surface area contributed by atoms with Crippen molar-refractivity contribution < 1.29 is 41.8 Å². The number of carbonyl (C=O) groups is 4. The molecular formula is C41H56N6O9S. The van der Waals surface area contributed by atoms with Crippen LogP contribution < -0.4 is 30.1 Å². The minimum atomic E-state index is -3.90. The summed E-state index contributed by atoms with van der Waals surface area (Å²) in [6.45, 7) is 8.03. The summed E-state index contributed by atoms with van der Waals surface area (Å²) in [5.41, 5.74) is -0.323. The Balaban J connectivity index is 1.26. The summed E-state index contributed by atoms with van der Waals surface area (Å²) in [4.78, 5) is 62.8. The van der Waals surface area contributed by atoms with Crippen molar-refractivity contribution in [1.82, 2.24) is 25.2 Å². The number of aromatic nitrogens is 1. The summed E-state index contributed by atoms with van der Waals surface area (Å²) in [6.07, 6.45) is 7.76. The van der Waals surface area contributed by atoms with Gasteiger partial charge in [-0.15, -0.1) is 6.58 Å². The third-order valence-corrected chi connectivity index (χ3v) is 14.2. The van der Waals surface area contributed by atoms with Gasteiger partial charge in [0.25, 0.3) is 5.91 Å². The van der Waals surface area contributed by atoms with Crippen molar-refractivity contribution in [3.05, 3.63) is 36.4 Å². The number of amides is 4. The van der Waals surface area contributed by atoms with Crippen LogP contribution in [0.25, 0.3) is 10.9 Å². The van der Waals surface area contributed by atoms with Gasteiger partial charge < -0.3 is 35.1 Å². The smallest absolute Gasteiger partial charge is 0.407 e. The molecule has 3 aliphatic carbocycles. The Bertz CT molecular complexity index is 2030. The molecule has 4 bridgehead atoms. The normalized spacial score (nSPS) is 28.2. The molecule has 5 atom stereocenters. The Morgan fingerprint density at radius 2 is 1.84 bits per heavy atom. The van der Waals surface area contributed by atoms with Gasteiger partial charge in [0.05, 0.1) is 31.0 Å². The Morgan fingerprint density at radius 1 is 1.09 bits per heavy atom. The Kier molecular flexibility index (Phi) is 11.4. The van der Waals surface area contributed by atoms with Gasteiger partial charge in [-0.2, -0.15) is 0 Å². The van der Waals surface area contributed by atoms with E-state index in [0.29, 0.717) is 54.9 Å². The molecule has 2 aliphatic heterocycles. The highest BCUT2D eigenvalue weighted by Gasteiger charge is 2.62. The standard InChI is InChI=1S/C41H56N6O9S/c1-6-26-21-41(26,38(50)46-57(52,53)28-14-15-28)45-36(48)31-18-27-22-47(31)37(49)35(24-11-8-7-9-12-24)44-39(51)55-23-40(2,3)16-10-13-25-17-29-30(19-32(25)54-5)43-34(42-4)20-33(29)56-27/h6,17,19-20,24,26-28,31,35H,1,7-16,18,21-23H2,2-5H3,(H,42,43)(H,44,51)(H,45,48)(H,46,50)/t26-,27+,31-,35-,41-/m0/s1. The van der Waals surface area contributed by atoms with Gasteiger partial charge in [-0.3, -0.25) is 19.1 Å². The molecule has 0 radical (unpaired) electrons. The Morgan fingerprint density at radius 3 is 2.51 bits per heavy atom. The number of cyclic esters (lactones) is 1. The first kappa shape index (κ1) is 40.6. The van der Waals surface area contributed by atoms with E-state index in [1.807, 2.05) is 26.0 Å². The number of sulfonamides is 1. The van der Waals surface area contributed by atoms with E-state index in [-0.39, 0.29) is 37.3 Å². The fourth-order valence-electron chi connectivity index (χ4n) is 8.74. The lowest BCUT2D eigenvalue weighted by atomic mass is 9.83. The number of alkyl carbamates (subject to hydrolysis) is 1. The maximum absolute atomic E-state index is 14.9. The molecule has 1 aromatic heterocycles. The van der Waals surface area contributed by atoms with Crippen molar-refractivity contribution in [2.45, 2.75) is 120 Å². The fraction of sp³-hybridized carbons (Fsp3) is 0.634. The highest BCUT2D eigenvalue weighted by molar-refractivity contribution is 7.91. The zero-order chi connectivity index (χ0) is 40.7. The SMILES string of the molecule is C=C[C@H]1C[C@@]1(NC(=O)[C@@H]1C[C@@H]2CN1C(=O)[C@H](C1CCCCC1)NC(=O)OCC(C)(C)CCCc1cc3c(cc(NC)nc3cc1OC)O2)C(=O)NS(=O)(=O)C1CC1. The van der Waals surface area contributed by atoms with Crippen LogP contribution in [-0.2, 0) is 35.6 Å². The van der Waals surface area contributed by atoms with Gasteiger partial charge in [-0.1, -0.05) is 39.2 Å². The monoisotopic (exact) mass is 808 g/mol. The lowest BCUT2D eigenvalue weighted by Gasteiger charge is -2.35. The third-order valence-electron chi connectivity index (χ3n) is 12.4. The third kappa shape index (κ3) is 8.65. The number of aryl methyl sites for hydroxylation is 1. The van der Waals surface area contributed by atoms with Crippen molar-refractivity contribution in [2.75, 3.05) is 32.6 Å². The van der Waals surface area contributed by atoms with Crippen molar-refractivity contribution in [2.24, 2.45) is 17.3 Å². The number of benzene rings is 1. The molecule has 3 saturated carbocycles. The van der Waals surface area contributed by atoms with Crippen LogP contribution in [0.2, 0.25) is 0 Å². The highest BCUT2D eigenvalue weighted by Crippen LogP contribution is 2.46. The molecule has 1 aromatic carbocycles.